The normalized spacial score (nSPS) is 3.60. The molecule has 0 aromatic rings. The summed E-state index contributed by atoms with van der Waals surface area (Å²) in [5.74, 6) is 0. The van der Waals surface area contributed by atoms with Crippen molar-refractivity contribution >= 4 is 12.4 Å². The van der Waals surface area contributed by atoms with Crippen molar-refractivity contribution in [1.29, 1.82) is 0 Å². The SMILES string of the molecule is CCO.Cl.[Cr]. The van der Waals surface area contributed by atoms with Crippen LogP contribution in [0.2, 0.25) is 0 Å². The van der Waals surface area contributed by atoms with Crippen molar-refractivity contribution in [2.45, 2.75) is 6.92 Å². The van der Waals surface area contributed by atoms with E-state index in [2.05, 4.69) is 0 Å². The average Bonchev–Trinajstić information content (AvgIpc) is 0.918. The molecule has 1 nitrogen and oxygen atoms in total. The van der Waals surface area contributed by atoms with Crippen LogP contribution in [0.15, 0.2) is 0 Å². The predicted molar refractivity (Wildman–Crippen MR) is 20.0 cm³/mol. The molecule has 0 aliphatic carbocycles. The Balaban J connectivity index is -0.0000000200. The Morgan fingerprint density at radius 3 is 1.60 bits per heavy atom. The van der Waals surface area contributed by atoms with Crippen molar-refractivity contribution in [3.63, 3.8) is 0 Å². The van der Waals surface area contributed by atoms with E-state index in [9.17, 15) is 0 Å². The molecule has 0 unspecified atom stereocenters. The summed E-state index contributed by atoms with van der Waals surface area (Å²) in [5.41, 5.74) is 0. The van der Waals surface area contributed by atoms with Gasteiger partial charge in [0, 0.05) is 24.0 Å². The molecule has 0 atom stereocenters. The molecule has 3 heteroatoms. The Bertz CT molecular complexity index is 9.61. The molecule has 34 valence electrons. The van der Waals surface area contributed by atoms with Crippen molar-refractivity contribution in [2.24, 2.45) is 0 Å². The number of hydrogen-bond acceptors (Lipinski definition) is 1. The first-order chi connectivity index (χ1) is 1.41. The van der Waals surface area contributed by atoms with Gasteiger partial charge in [0.2, 0.25) is 0 Å². The summed E-state index contributed by atoms with van der Waals surface area (Å²) in [4.78, 5) is 0. The zero-order chi connectivity index (χ0) is 2.71. The standard InChI is InChI=1S/C2H6O.ClH.Cr/c1-2-3;;/h3H,2H2,1H3;1H;. The van der Waals surface area contributed by atoms with Gasteiger partial charge in [-0.25, -0.2) is 0 Å². The third-order valence-electron chi connectivity index (χ3n) is 0. The van der Waals surface area contributed by atoms with Gasteiger partial charge in [-0.05, 0) is 6.92 Å². The zero-order valence-electron chi connectivity index (χ0n) is 2.97. The molecule has 5 heavy (non-hydrogen) atoms. The molecule has 0 aromatic carbocycles. The Hall–Kier alpha value is 0.782. The van der Waals surface area contributed by atoms with E-state index >= 15 is 0 Å². The van der Waals surface area contributed by atoms with Crippen molar-refractivity contribution in [1.82, 2.24) is 0 Å². The topological polar surface area (TPSA) is 20.2 Å². The van der Waals surface area contributed by atoms with E-state index in [0.717, 1.165) is 0 Å². The number of halogens is 1. The van der Waals surface area contributed by atoms with Gasteiger partial charge in [-0.3, -0.25) is 0 Å². The first-order valence-corrected chi connectivity index (χ1v) is 1.02. The van der Waals surface area contributed by atoms with Crippen LogP contribution in [0.5, 0.6) is 0 Å². The molecule has 0 aliphatic rings. The molecule has 0 spiro atoms. The van der Waals surface area contributed by atoms with Crippen LogP contribution >= 0.6 is 12.4 Å². The minimum atomic E-state index is 0. The molecule has 0 saturated heterocycles. The summed E-state index contributed by atoms with van der Waals surface area (Å²) < 4.78 is 0. The molecule has 0 aromatic heterocycles. The van der Waals surface area contributed by atoms with Gasteiger partial charge in [0.05, 0.1) is 0 Å². The van der Waals surface area contributed by atoms with Gasteiger partial charge in [-0.15, -0.1) is 12.4 Å². The van der Waals surface area contributed by atoms with Crippen LogP contribution in [-0.4, -0.2) is 11.7 Å². The summed E-state index contributed by atoms with van der Waals surface area (Å²) in [5, 5.41) is 7.57. The number of aliphatic hydroxyl groups is 1. The molecular formula is C2H7ClCrO. The molecule has 0 radical (unpaired) electrons. The average molecular weight is 135 g/mol. The quantitative estimate of drug-likeness (QED) is 0.509. The largest absolute Gasteiger partial charge is 0.397 e. The summed E-state index contributed by atoms with van der Waals surface area (Å²) >= 11 is 0. The molecule has 0 amide bonds. The maximum absolute atomic E-state index is 7.57. The molecule has 1 N–H and O–H groups in total. The molecule has 0 heterocycles. The molecule has 0 bridgehead atoms. The van der Waals surface area contributed by atoms with Crippen LogP contribution in [0.25, 0.3) is 0 Å². The van der Waals surface area contributed by atoms with Crippen molar-refractivity contribution in [2.75, 3.05) is 6.61 Å². The van der Waals surface area contributed by atoms with E-state index in [4.69, 9.17) is 5.11 Å². The van der Waals surface area contributed by atoms with E-state index < -0.39 is 0 Å². The summed E-state index contributed by atoms with van der Waals surface area (Å²) in [6.07, 6.45) is 0. The van der Waals surface area contributed by atoms with E-state index in [1.807, 2.05) is 0 Å². The van der Waals surface area contributed by atoms with E-state index in [1.165, 1.54) is 0 Å². The predicted octanol–water partition coefficient (Wildman–Crippen LogP) is 0.418. The Morgan fingerprint density at radius 2 is 1.60 bits per heavy atom. The third-order valence-corrected chi connectivity index (χ3v) is 0. The van der Waals surface area contributed by atoms with Crippen LogP contribution in [0.3, 0.4) is 0 Å². The monoisotopic (exact) mass is 134 g/mol. The van der Waals surface area contributed by atoms with Crippen molar-refractivity contribution in [3.8, 4) is 0 Å². The van der Waals surface area contributed by atoms with Gasteiger partial charge in [0.1, 0.15) is 0 Å². The Kier molecular flexibility index (Phi) is 73.6. The third kappa shape index (κ3) is 60.5. The summed E-state index contributed by atoms with van der Waals surface area (Å²) in [6, 6.07) is 0. The van der Waals surface area contributed by atoms with Gasteiger partial charge >= 0.3 is 0 Å². The van der Waals surface area contributed by atoms with Gasteiger partial charge in [-0.2, -0.15) is 0 Å². The molecular weight excluding hydrogens is 127 g/mol. The van der Waals surface area contributed by atoms with Gasteiger partial charge in [0.25, 0.3) is 0 Å². The van der Waals surface area contributed by atoms with E-state index in [0.29, 0.717) is 0 Å². The molecule has 0 aliphatic heterocycles. The smallest absolute Gasteiger partial charge is 0.0402 e. The van der Waals surface area contributed by atoms with Gasteiger partial charge in [-0.1, -0.05) is 0 Å². The van der Waals surface area contributed by atoms with Gasteiger partial charge < -0.3 is 5.11 Å². The van der Waals surface area contributed by atoms with E-state index in [-0.39, 0.29) is 36.4 Å². The Morgan fingerprint density at radius 1 is 1.60 bits per heavy atom. The Labute approximate surface area is 48.9 Å². The maximum atomic E-state index is 7.57. The summed E-state index contributed by atoms with van der Waals surface area (Å²) in [6.45, 7) is 1.93. The van der Waals surface area contributed by atoms with Crippen LogP contribution < -0.4 is 0 Å². The number of aliphatic hydroxyl groups excluding tert-OH is 1. The minimum Gasteiger partial charge on any atom is -0.397 e. The second kappa shape index (κ2) is 21.5. The van der Waals surface area contributed by atoms with Crippen LogP contribution in [0, 0.1) is 0 Å². The second-order valence-electron chi connectivity index (χ2n) is 0.316. The van der Waals surface area contributed by atoms with Crippen LogP contribution in [0.1, 0.15) is 6.92 Å². The van der Waals surface area contributed by atoms with E-state index in [1.54, 1.807) is 6.92 Å². The van der Waals surface area contributed by atoms with Crippen LogP contribution in [-0.2, 0) is 17.4 Å². The fourth-order valence-corrected chi connectivity index (χ4v) is 0. The zero-order valence-corrected chi connectivity index (χ0v) is 5.06. The molecule has 0 fully saturated rings. The van der Waals surface area contributed by atoms with Gasteiger partial charge in [0.15, 0.2) is 0 Å². The second-order valence-corrected chi connectivity index (χ2v) is 0.316. The fourth-order valence-electron chi connectivity index (χ4n) is 0. The van der Waals surface area contributed by atoms with Crippen molar-refractivity contribution in [3.05, 3.63) is 0 Å². The van der Waals surface area contributed by atoms with Crippen LogP contribution in [0.4, 0.5) is 0 Å². The maximum Gasteiger partial charge on any atom is 0.0402 e. The summed E-state index contributed by atoms with van der Waals surface area (Å²) in [7, 11) is 0. The minimum absolute atomic E-state index is 0. The fraction of sp³-hybridized carbons (Fsp3) is 1.00. The number of hydrogen-bond donors (Lipinski definition) is 1. The first kappa shape index (κ1) is 17.1. The van der Waals surface area contributed by atoms with Crippen molar-refractivity contribution < 1.29 is 22.5 Å². The first-order valence-electron chi connectivity index (χ1n) is 1.02. The molecule has 0 rings (SSSR count). The number of rotatable bonds is 0. The molecule has 0 saturated carbocycles.